The molecule has 0 bridgehead atoms. The van der Waals surface area contributed by atoms with Gasteiger partial charge in [0, 0.05) is 6.42 Å². The maximum atomic E-state index is 10.4. The zero-order valence-corrected chi connectivity index (χ0v) is 12.2. The van der Waals surface area contributed by atoms with Gasteiger partial charge in [0.1, 0.15) is 0 Å². The van der Waals surface area contributed by atoms with E-state index in [0.29, 0.717) is 6.42 Å². The van der Waals surface area contributed by atoms with Gasteiger partial charge in [0.25, 0.3) is 0 Å². The van der Waals surface area contributed by atoms with E-state index >= 15 is 0 Å². The molecule has 0 heterocycles. The highest BCUT2D eigenvalue weighted by Crippen LogP contribution is 2.35. The molecule has 7 heteroatoms. The molecule has 0 unspecified atom stereocenters. The fourth-order valence-corrected chi connectivity index (χ4v) is 2.17. The maximum Gasteiger partial charge on any atom is 0.469 e. The zero-order chi connectivity index (χ0) is 14.6. The van der Waals surface area contributed by atoms with E-state index in [9.17, 15) is 9.36 Å². The van der Waals surface area contributed by atoms with E-state index in [2.05, 4.69) is 4.52 Å². The summed E-state index contributed by atoms with van der Waals surface area (Å²) in [5.41, 5.74) is 0. The maximum absolute atomic E-state index is 10.4. The summed E-state index contributed by atoms with van der Waals surface area (Å²) in [5, 5.41) is 8.45. The van der Waals surface area contributed by atoms with Crippen LogP contribution in [0.15, 0.2) is 0 Å². The van der Waals surface area contributed by atoms with Crippen molar-refractivity contribution in [1.29, 1.82) is 0 Å². The highest BCUT2D eigenvalue weighted by atomic mass is 31.2. The Morgan fingerprint density at radius 2 is 1.26 bits per heavy atom. The highest BCUT2D eigenvalue weighted by molar-refractivity contribution is 7.46. The quantitative estimate of drug-likeness (QED) is 0.356. The molecule has 0 aromatic carbocycles. The lowest BCUT2D eigenvalue weighted by Gasteiger charge is -2.05. The van der Waals surface area contributed by atoms with Crippen LogP contribution in [0.2, 0.25) is 0 Å². The number of unbranched alkanes of at least 4 members (excludes halogenated alkanes) is 8. The highest BCUT2D eigenvalue weighted by Gasteiger charge is 2.12. The van der Waals surface area contributed by atoms with Gasteiger partial charge in [-0.3, -0.25) is 9.32 Å². The first-order valence-electron chi connectivity index (χ1n) is 6.84. The molecule has 114 valence electrons. The molecule has 0 saturated heterocycles. The van der Waals surface area contributed by atoms with Crippen LogP contribution >= 0.6 is 7.82 Å². The van der Waals surface area contributed by atoms with Gasteiger partial charge in [-0.25, -0.2) is 4.57 Å². The molecule has 0 aromatic heterocycles. The van der Waals surface area contributed by atoms with Crippen LogP contribution in [0.25, 0.3) is 0 Å². The molecule has 0 aliphatic carbocycles. The molecule has 0 amide bonds. The summed E-state index contributed by atoms with van der Waals surface area (Å²) >= 11 is 0. The average molecular weight is 296 g/mol. The molecule has 3 N–H and O–H groups in total. The molecule has 0 fully saturated rings. The first-order chi connectivity index (χ1) is 8.92. The normalized spacial score (nSPS) is 11.7. The van der Waals surface area contributed by atoms with Crippen molar-refractivity contribution in [2.75, 3.05) is 6.61 Å². The molecule has 0 saturated carbocycles. The molecule has 0 rings (SSSR count). The van der Waals surface area contributed by atoms with E-state index in [1.165, 1.54) is 0 Å². The summed E-state index contributed by atoms with van der Waals surface area (Å²) in [7, 11) is -4.29. The molecule has 6 nitrogen and oxygen atoms in total. The number of carboxylic acid groups (broad SMARTS) is 1. The van der Waals surface area contributed by atoms with Crippen LogP contribution in [0, 0.1) is 0 Å². The third-order valence-corrected chi connectivity index (χ3v) is 3.31. The minimum absolute atomic E-state index is 0.111. The SMILES string of the molecule is O=C(O)CCCCCCCCCCCOP(=O)(O)O. The minimum atomic E-state index is -4.29. The Kier molecular flexibility index (Phi) is 11.2. The molecule has 0 spiro atoms. The van der Waals surface area contributed by atoms with E-state index in [-0.39, 0.29) is 13.0 Å². The number of aliphatic carboxylic acids is 1. The number of carbonyl (C=O) groups is 1. The Hall–Kier alpha value is -0.420. The fourth-order valence-electron chi connectivity index (χ4n) is 1.80. The van der Waals surface area contributed by atoms with E-state index in [4.69, 9.17) is 14.9 Å². The van der Waals surface area contributed by atoms with Crippen molar-refractivity contribution in [2.45, 2.75) is 64.2 Å². The van der Waals surface area contributed by atoms with Gasteiger partial charge in [-0.15, -0.1) is 0 Å². The lowest BCUT2D eigenvalue weighted by Crippen LogP contribution is -1.93. The van der Waals surface area contributed by atoms with Gasteiger partial charge in [-0.2, -0.15) is 0 Å². The van der Waals surface area contributed by atoms with Crippen molar-refractivity contribution in [3.05, 3.63) is 0 Å². The van der Waals surface area contributed by atoms with Crippen molar-refractivity contribution in [1.82, 2.24) is 0 Å². The van der Waals surface area contributed by atoms with Crippen LogP contribution in [-0.2, 0) is 13.9 Å². The van der Waals surface area contributed by atoms with Crippen molar-refractivity contribution >= 4 is 13.8 Å². The summed E-state index contributed by atoms with van der Waals surface area (Å²) in [5.74, 6) is -0.725. The Labute approximate surface area is 114 Å². The van der Waals surface area contributed by atoms with E-state index in [1.807, 2.05) is 0 Å². The lowest BCUT2D eigenvalue weighted by molar-refractivity contribution is -0.137. The lowest BCUT2D eigenvalue weighted by atomic mass is 10.1. The Bertz CT molecular complexity index is 275. The van der Waals surface area contributed by atoms with Gasteiger partial charge in [0.2, 0.25) is 0 Å². The van der Waals surface area contributed by atoms with Gasteiger partial charge >= 0.3 is 13.8 Å². The van der Waals surface area contributed by atoms with Gasteiger partial charge in [0.15, 0.2) is 0 Å². The smallest absolute Gasteiger partial charge is 0.469 e. The molecule has 0 aliphatic heterocycles. The average Bonchev–Trinajstić information content (AvgIpc) is 2.28. The molecule has 0 radical (unpaired) electrons. The van der Waals surface area contributed by atoms with Gasteiger partial charge < -0.3 is 14.9 Å². The first kappa shape index (κ1) is 18.6. The van der Waals surface area contributed by atoms with Crippen LogP contribution in [0.1, 0.15) is 64.2 Å². The Balaban J connectivity index is 3.07. The predicted octanol–water partition coefficient (Wildman–Crippen LogP) is 3.08. The summed E-state index contributed by atoms with van der Waals surface area (Å²) in [6.07, 6.45) is 9.06. The molecular formula is C12H25O6P. The summed E-state index contributed by atoms with van der Waals surface area (Å²) in [6.45, 7) is 0.111. The number of carboxylic acids is 1. The van der Waals surface area contributed by atoms with Gasteiger partial charge in [-0.1, -0.05) is 44.9 Å². The van der Waals surface area contributed by atoms with Crippen LogP contribution < -0.4 is 0 Å². The van der Waals surface area contributed by atoms with E-state index in [1.54, 1.807) is 0 Å². The Morgan fingerprint density at radius 3 is 1.68 bits per heavy atom. The Morgan fingerprint density at radius 1 is 0.842 bits per heavy atom. The van der Waals surface area contributed by atoms with E-state index < -0.39 is 13.8 Å². The predicted molar refractivity (Wildman–Crippen MR) is 71.8 cm³/mol. The largest absolute Gasteiger partial charge is 0.481 e. The van der Waals surface area contributed by atoms with Gasteiger partial charge in [0.05, 0.1) is 6.61 Å². The molecular weight excluding hydrogens is 271 g/mol. The number of rotatable bonds is 13. The number of hydrogen-bond acceptors (Lipinski definition) is 3. The standard InChI is InChI=1S/C12H25O6P/c13-12(14)10-8-6-4-2-1-3-5-7-9-11-18-19(15,16)17/h1-11H2,(H,13,14)(H2,15,16,17). The second-order valence-corrected chi connectivity index (χ2v) is 5.89. The van der Waals surface area contributed by atoms with Gasteiger partial charge in [-0.05, 0) is 12.8 Å². The molecule has 0 aliphatic rings. The third-order valence-electron chi connectivity index (χ3n) is 2.79. The van der Waals surface area contributed by atoms with Crippen molar-refractivity contribution in [2.24, 2.45) is 0 Å². The topological polar surface area (TPSA) is 104 Å². The van der Waals surface area contributed by atoms with Crippen LogP contribution in [-0.4, -0.2) is 27.5 Å². The summed E-state index contributed by atoms with van der Waals surface area (Å²) in [6, 6.07) is 0. The van der Waals surface area contributed by atoms with Crippen molar-refractivity contribution in [3.8, 4) is 0 Å². The molecule has 0 atom stereocenters. The van der Waals surface area contributed by atoms with Crippen LogP contribution in [0.3, 0.4) is 0 Å². The monoisotopic (exact) mass is 296 g/mol. The summed E-state index contributed by atoms with van der Waals surface area (Å²) in [4.78, 5) is 27.2. The van der Waals surface area contributed by atoms with E-state index in [0.717, 1.165) is 51.4 Å². The third kappa shape index (κ3) is 17.6. The number of phosphoric ester groups is 1. The number of phosphoric acid groups is 1. The van der Waals surface area contributed by atoms with Crippen LogP contribution in [0.5, 0.6) is 0 Å². The summed E-state index contributed by atoms with van der Waals surface area (Å²) < 4.78 is 14.7. The number of hydrogen-bond donors (Lipinski definition) is 3. The van der Waals surface area contributed by atoms with Crippen molar-refractivity contribution in [3.63, 3.8) is 0 Å². The van der Waals surface area contributed by atoms with Crippen LogP contribution in [0.4, 0.5) is 0 Å². The fraction of sp³-hybridized carbons (Fsp3) is 0.917. The first-order valence-corrected chi connectivity index (χ1v) is 8.37. The second kappa shape index (κ2) is 11.4. The molecule has 0 aromatic rings. The molecule has 19 heavy (non-hydrogen) atoms. The minimum Gasteiger partial charge on any atom is -0.481 e. The zero-order valence-electron chi connectivity index (χ0n) is 11.3. The second-order valence-electron chi connectivity index (χ2n) is 4.65. The van der Waals surface area contributed by atoms with Crippen molar-refractivity contribution < 1.29 is 28.8 Å².